The molecule has 2 aliphatic rings. The number of rotatable bonds is 0. The summed E-state index contributed by atoms with van der Waals surface area (Å²) in [6.45, 7) is 4.42. The summed E-state index contributed by atoms with van der Waals surface area (Å²) >= 11 is 0. The molecule has 3 unspecified atom stereocenters. The van der Waals surface area contributed by atoms with Crippen molar-refractivity contribution in [2.24, 2.45) is 5.92 Å². The monoisotopic (exact) mass is 124 g/mol. The summed E-state index contributed by atoms with van der Waals surface area (Å²) in [5, 5.41) is 0. The Bertz CT molecular complexity index is 162. The van der Waals surface area contributed by atoms with Crippen molar-refractivity contribution >= 4 is 0 Å². The van der Waals surface area contributed by atoms with Gasteiger partial charge < -0.3 is 4.74 Å². The molecule has 1 heteroatoms. The van der Waals surface area contributed by atoms with Crippen molar-refractivity contribution in [3.63, 3.8) is 0 Å². The molecule has 0 aromatic rings. The van der Waals surface area contributed by atoms with Crippen LogP contribution in [0.4, 0.5) is 0 Å². The minimum atomic E-state index is 0.0880. The van der Waals surface area contributed by atoms with E-state index < -0.39 is 0 Å². The van der Waals surface area contributed by atoms with Crippen LogP contribution in [0.25, 0.3) is 0 Å². The highest BCUT2D eigenvalue weighted by atomic mass is 16.5. The summed E-state index contributed by atoms with van der Waals surface area (Å²) in [6, 6.07) is 0. The van der Waals surface area contributed by atoms with E-state index in [0.29, 0.717) is 12.0 Å². The molecule has 2 heterocycles. The summed E-state index contributed by atoms with van der Waals surface area (Å²) in [6.07, 6.45) is 6.03. The van der Waals surface area contributed by atoms with Crippen LogP contribution in [0.15, 0.2) is 12.2 Å². The van der Waals surface area contributed by atoms with Gasteiger partial charge in [0.25, 0.3) is 0 Å². The van der Waals surface area contributed by atoms with Crippen molar-refractivity contribution < 1.29 is 4.74 Å². The Morgan fingerprint density at radius 1 is 1.67 bits per heavy atom. The first-order chi connectivity index (χ1) is 4.21. The van der Waals surface area contributed by atoms with E-state index in [4.69, 9.17) is 4.74 Å². The van der Waals surface area contributed by atoms with Crippen LogP contribution in [0.2, 0.25) is 0 Å². The van der Waals surface area contributed by atoms with Crippen LogP contribution in [0, 0.1) is 5.92 Å². The number of ether oxygens (including phenoxy) is 1. The predicted octanol–water partition coefficient (Wildman–Crippen LogP) is 1.74. The van der Waals surface area contributed by atoms with Gasteiger partial charge in [-0.25, -0.2) is 0 Å². The summed E-state index contributed by atoms with van der Waals surface area (Å²) in [7, 11) is 0. The molecule has 0 saturated carbocycles. The first-order valence-electron chi connectivity index (χ1n) is 3.58. The molecule has 1 saturated heterocycles. The van der Waals surface area contributed by atoms with Gasteiger partial charge in [0.15, 0.2) is 0 Å². The van der Waals surface area contributed by atoms with Crippen molar-refractivity contribution in [1.82, 2.24) is 0 Å². The Kier molecular flexibility index (Phi) is 0.854. The Balaban J connectivity index is 2.33. The van der Waals surface area contributed by atoms with Gasteiger partial charge in [0.2, 0.25) is 0 Å². The van der Waals surface area contributed by atoms with E-state index in [0.717, 1.165) is 0 Å². The molecule has 0 aliphatic carbocycles. The molecular weight excluding hydrogens is 112 g/mol. The van der Waals surface area contributed by atoms with Gasteiger partial charge in [0.1, 0.15) is 0 Å². The molecule has 0 radical (unpaired) electrons. The van der Waals surface area contributed by atoms with Crippen molar-refractivity contribution in [2.75, 3.05) is 0 Å². The van der Waals surface area contributed by atoms with Gasteiger partial charge in [-0.15, -0.1) is 0 Å². The molecule has 1 fully saturated rings. The lowest BCUT2D eigenvalue weighted by molar-refractivity contribution is 0.0306. The molecule has 2 aliphatic heterocycles. The number of hydrogen-bond acceptors (Lipinski definition) is 1. The summed E-state index contributed by atoms with van der Waals surface area (Å²) in [5.74, 6) is 0.715. The SMILES string of the molecule is CC1CC2C=CC1(C)O2. The van der Waals surface area contributed by atoms with Gasteiger partial charge in [-0.1, -0.05) is 19.1 Å². The highest BCUT2D eigenvalue weighted by Crippen LogP contribution is 2.41. The van der Waals surface area contributed by atoms with E-state index in [1.807, 2.05) is 0 Å². The molecule has 0 aromatic heterocycles. The van der Waals surface area contributed by atoms with Gasteiger partial charge in [0.05, 0.1) is 11.7 Å². The summed E-state index contributed by atoms with van der Waals surface area (Å²) < 4.78 is 5.66. The van der Waals surface area contributed by atoms with Gasteiger partial charge in [0, 0.05) is 0 Å². The van der Waals surface area contributed by atoms with Crippen molar-refractivity contribution in [3.05, 3.63) is 12.2 Å². The van der Waals surface area contributed by atoms with E-state index in [1.54, 1.807) is 0 Å². The van der Waals surface area contributed by atoms with Crippen LogP contribution in [0.1, 0.15) is 20.3 Å². The highest BCUT2D eigenvalue weighted by Gasteiger charge is 2.43. The maximum absolute atomic E-state index is 5.66. The second-order valence-corrected chi connectivity index (χ2v) is 3.34. The van der Waals surface area contributed by atoms with E-state index in [-0.39, 0.29) is 5.60 Å². The zero-order valence-corrected chi connectivity index (χ0v) is 5.92. The molecule has 50 valence electrons. The lowest BCUT2D eigenvalue weighted by atomic mass is 9.86. The van der Waals surface area contributed by atoms with Crippen LogP contribution in [-0.4, -0.2) is 11.7 Å². The minimum Gasteiger partial charge on any atom is -0.364 e. The maximum atomic E-state index is 5.66. The zero-order valence-electron chi connectivity index (χ0n) is 5.92. The second kappa shape index (κ2) is 1.40. The third-order valence-corrected chi connectivity index (χ3v) is 2.61. The third-order valence-electron chi connectivity index (χ3n) is 2.61. The van der Waals surface area contributed by atoms with Crippen molar-refractivity contribution in [3.8, 4) is 0 Å². The standard InChI is InChI=1S/C8H12O/c1-6-5-7-3-4-8(6,2)9-7/h3-4,6-7H,5H2,1-2H3. The molecule has 0 N–H and O–H groups in total. The van der Waals surface area contributed by atoms with Crippen molar-refractivity contribution in [2.45, 2.75) is 32.0 Å². The van der Waals surface area contributed by atoms with Crippen molar-refractivity contribution in [1.29, 1.82) is 0 Å². The zero-order chi connectivity index (χ0) is 6.48. The largest absolute Gasteiger partial charge is 0.364 e. The highest BCUT2D eigenvalue weighted by molar-refractivity contribution is 5.17. The van der Waals surface area contributed by atoms with Crippen LogP contribution in [0.5, 0.6) is 0 Å². The lowest BCUT2D eigenvalue weighted by Crippen LogP contribution is -2.25. The first-order valence-corrected chi connectivity index (χ1v) is 3.58. The smallest absolute Gasteiger partial charge is 0.0869 e. The number of hydrogen-bond donors (Lipinski definition) is 0. The van der Waals surface area contributed by atoms with Gasteiger partial charge >= 0.3 is 0 Å². The molecule has 0 aromatic carbocycles. The predicted molar refractivity (Wildman–Crippen MR) is 36.2 cm³/mol. The van der Waals surface area contributed by atoms with E-state index in [1.165, 1.54) is 6.42 Å². The van der Waals surface area contributed by atoms with Gasteiger partial charge in [-0.2, -0.15) is 0 Å². The quantitative estimate of drug-likeness (QED) is 0.447. The fourth-order valence-electron chi connectivity index (χ4n) is 1.69. The minimum absolute atomic E-state index is 0.0880. The Morgan fingerprint density at radius 2 is 2.44 bits per heavy atom. The average molecular weight is 124 g/mol. The van der Waals surface area contributed by atoms with Crippen LogP contribution >= 0.6 is 0 Å². The summed E-state index contributed by atoms with van der Waals surface area (Å²) in [4.78, 5) is 0. The fourth-order valence-corrected chi connectivity index (χ4v) is 1.69. The number of fused-ring (bicyclic) bond motifs is 2. The molecule has 9 heavy (non-hydrogen) atoms. The van der Waals surface area contributed by atoms with Gasteiger partial charge in [-0.3, -0.25) is 0 Å². The van der Waals surface area contributed by atoms with Crippen LogP contribution in [0.3, 0.4) is 0 Å². The van der Waals surface area contributed by atoms with E-state index in [9.17, 15) is 0 Å². The molecule has 2 rings (SSSR count). The maximum Gasteiger partial charge on any atom is 0.0869 e. The van der Waals surface area contributed by atoms with Crippen LogP contribution in [-0.2, 0) is 4.74 Å². The third kappa shape index (κ3) is 0.584. The molecule has 0 spiro atoms. The van der Waals surface area contributed by atoms with Crippen LogP contribution < -0.4 is 0 Å². The molecule has 2 bridgehead atoms. The second-order valence-electron chi connectivity index (χ2n) is 3.34. The average Bonchev–Trinajstić information content (AvgIpc) is 2.22. The molecular formula is C8H12O. The Morgan fingerprint density at radius 3 is 2.67 bits per heavy atom. The molecule has 3 atom stereocenters. The molecule has 0 amide bonds. The fraction of sp³-hybridized carbons (Fsp3) is 0.750. The molecule has 1 nitrogen and oxygen atoms in total. The first kappa shape index (κ1) is 5.48. The Labute approximate surface area is 55.7 Å². The van der Waals surface area contributed by atoms with Gasteiger partial charge in [-0.05, 0) is 19.3 Å². The topological polar surface area (TPSA) is 9.23 Å². The Hall–Kier alpha value is -0.300. The van der Waals surface area contributed by atoms with E-state index in [2.05, 4.69) is 26.0 Å². The summed E-state index contributed by atoms with van der Waals surface area (Å²) in [5.41, 5.74) is 0.0880. The normalized spacial score (nSPS) is 54.9. The van der Waals surface area contributed by atoms with E-state index >= 15 is 0 Å². The lowest BCUT2D eigenvalue weighted by Gasteiger charge is -2.21.